The SMILES string of the molecule is COC(=O)C(C)CN(C)CCCCCN. The smallest absolute Gasteiger partial charge is 0.309 e. The molecule has 1 atom stereocenters. The van der Waals surface area contributed by atoms with Gasteiger partial charge in [0, 0.05) is 6.54 Å². The van der Waals surface area contributed by atoms with Crippen molar-refractivity contribution in [2.75, 3.05) is 33.8 Å². The van der Waals surface area contributed by atoms with Crippen LogP contribution in [0.2, 0.25) is 0 Å². The van der Waals surface area contributed by atoms with Gasteiger partial charge in [0.15, 0.2) is 0 Å². The summed E-state index contributed by atoms with van der Waals surface area (Å²) in [6.45, 7) is 4.43. The van der Waals surface area contributed by atoms with E-state index < -0.39 is 0 Å². The minimum atomic E-state index is -0.135. The fraction of sp³-hybridized carbons (Fsp3) is 0.909. The normalized spacial score (nSPS) is 12.9. The first kappa shape index (κ1) is 14.4. The Morgan fingerprint density at radius 2 is 2.07 bits per heavy atom. The molecule has 0 heterocycles. The van der Waals surface area contributed by atoms with Crippen LogP contribution in [0.4, 0.5) is 0 Å². The topological polar surface area (TPSA) is 55.6 Å². The van der Waals surface area contributed by atoms with Crippen LogP contribution < -0.4 is 5.73 Å². The molecule has 0 spiro atoms. The molecule has 0 fully saturated rings. The van der Waals surface area contributed by atoms with Gasteiger partial charge in [-0.3, -0.25) is 4.79 Å². The van der Waals surface area contributed by atoms with E-state index in [1.54, 1.807) is 0 Å². The van der Waals surface area contributed by atoms with E-state index in [1.807, 2.05) is 14.0 Å². The number of hydrogen-bond donors (Lipinski definition) is 1. The number of nitrogens with zero attached hydrogens (tertiary/aromatic N) is 1. The molecule has 4 heteroatoms. The summed E-state index contributed by atoms with van der Waals surface area (Å²) in [6, 6.07) is 0. The average Bonchev–Trinajstić information content (AvgIpc) is 2.23. The van der Waals surface area contributed by atoms with Gasteiger partial charge in [-0.05, 0) is 33.0 Å². The van der Waals surface area contributed by atoms with Crippen LogP contribution >= 0.6 is 0 Å². The van der Waals surface area contributed by atoms with Crippen LogP contribution in [0.15, 0.2) is 0 Å². The second-order valence-corrected chi connectivity index (χ2v) is 4.04. The Morgan fingerprint density at radius 3 is 2.60 bits per heavy atom. The molecule has 4 nitrogen and oxygen atoms in total. The highest BCUT2D eigenvalue weighted by Crippen LogP contribution is 2.02. The molecule has 15 heavy (non-hydrogen) atoms. The Morgan fingerprint density at radius 1 is 1.40 bits per heavy atom. The molecule has 0 radical (unpaired) electrons. The summed E-state index contributed by atoms with van der Waals surface area (Å²) in [4.78, 5) is 13.3. The van der Waals surface area contributed by atoms with E-state index in [4.69, 9.17) is 5.73 Å². The van der Waals surface area contributed by atoms with Crippen LogP contribution in [0.1, 0.15) is 26.2 Å². The van der Waals surface area contributed by atoms with Crippen molar-refractivity contribution in [1.29, 1.82) is 0 Å². The summed E-state index contributed by atoms with van der Waals surface area (Å²) in [5, 5.41) is 0. The van der Waals surface area contributed by atoms with Gasteiger partial charge in [0.1, 0.15) is 0 Å². The molecular weight excluding hydrogens is 192 g/mol. The number of rotatable bonds is 8. The Bertz CT molecular complexity index is 174. The van der Waals surface area contributed by atoms with Gasteiger partial charge in [0.25, 0.3) is 0 Å². The highest BCUT2D eigenvalue weighted by molar-refractivity contribution is 5.71. The maximum atomic E-state index is 11.2. The van der Waals surface area contributed by atoms with Crippen LogP contribution in [-0.2, 0) is 9.53 Å². The van der Waals surface area contributed by atoms with Crippen molar-refractivity contribution in [1.82, 2.24) is 4.90 Å². The summed E-state index contributed by atoms with van der Waals surface area (Å²) in [5.74, 6) is -0.182. The summed E-state index contributed by atoms with van der Waals surface area (Å²) in [6.07, 6.45) is 3.38. The van der Waals surface area contributed by atoms with Crippen molar-refractivity contribution in [2.24, 2.45) is 11.7 Å². The summed E-state index contributed by atoms with van der Waals surface area (Å²) < 4.78 is 4.67. The van der Waals surface area contributed by atoms with Gasteiger partial charge < -0.3 is 15.4 Å². The van der Waals surface area contributed by atoms with Gasteiger partial charge in [-0.2, -0.15) is 0 Å². The van der Waals surface area contributed by atoms with Crippen LogP contribution in [0, 0.1) is 5.92 Å². The zero-order valence-electron chi connectivity index (χ0n) is 10.2. The lowest BCUT2D eigenvalue weighted by Crippen LogP contribution is -2.30. The molecule has 0 aromatic carbocycles. The van der Waals surface area contributed by atoms with E-state index in [0.29, 0.717) is 0 Å². The van der Waals surface area contributed by atoms with Crippen molar-refractivity contribution in [2.45, 2.75) is 26.2 Å². The van der Waals surface area contributed by atoms with Gasteiger partial charge in [0.2, 0.25) is 0 Å². The van der Waals surface area contributed by atoms with Crippen LogP contribution in [0.5, 0.6) is 0 Å². The largest absolute Gasteiger partial charge is 0.469 e. The molecule has 0 aromatic heterocycles. The Labute approximate surface area is 92.8 Å². The van der Waals surface area contributed by atoms with E-state index >= 15 is 0 Å². The zero-order valence-corrected chi connectivity index (χ0v) is 10.2. The first-order valence-electron chi connectivity index (χ1n) is 5.58. The third kappa shape index (κ3) is 7.33. The third-order valence-corrected chi connectivity index (χ3v) is 2.43. The molecule has 0 aliphatic carbocycles. The van der Waals surface area contributed by atoms with E-state index in [0.717, 1.165) is 38.9 Å². The van der Waals surface area contributed by atoms with Crippen molar-refractivity contribution in [3.05, 3.63) is 0 Å². The summed E-state index contributed by atoms with van der Waals surface area (Å²) >= 11 is 0. The Balaban J connectivity index is 3.55. The predicted octanol–water partition coefficient (Wildman–Crippen LogP) is 0.856. The number of ether oxygens (including phenoxy) is 1. The molecular formula is C11H24N2O2. The highest BCUT2D eigenvalue weighted by atomic mass is 16.5. The number of esters is 1. The van der Waals surface area contributed by atoms with Gasteiger partial charge >= 0.3 is 5.97 Å². The molecule has 0 aliphatic rings. The number of nitrogens with two attached hydrogens (primary N) is 1. The zero-order chi connectivity index (χ0) is 11.7. The van der Waals surface area contributed by atoms with Crippen molar-refractivity contribution in [3.8, 4) is 0 Å². The van der Waals surface area contributed by atoms with Gasteiger partial charge in [0.05, 0.1) is 13.0 Å². The number of hydrogen-bond acceptors (Lipinski definition) is 4. The first-order chi connectivity index (χ1) is 7.11. The maximum absolute atomic E-state index is 11.2. The number of carbonyl (C=O) groups excluding carboxylic acids is 1. The second-order valence-electron chi connectivity index (χ2n) is 4.04. The molecule has 2 N–H and O–H groups in total. The Hall–Kier alpha value is -0.610. The molecule has 0 saturated carbocycles. The van der Waals surface area contributed by atoms with Crippen LogP contribution in [0.25, 0.3) is 0 Å². The van der Waals surface area contributed by atoms with Crippen molar-refractivity contribution in [3.63, 3.8) is 0 Å². The first-order valence-corrected chi connectivity index (χ1v) is 5.58. The lowest BCUT2D eigenvalue weighted by molar-refractivity contribution is -0.145. The number of methoxy groups -OCH3 is 1. The van der Waals surface area contributed by atoms with E-state index in [1.165, 1.54) is 7.11 Å². The van der Waals surface area contributed by atoms with E-state index in [-0.39, 0.29) is 11.9 Å². The number of carbonyl (C=O) groups is 1. The standard InChI is InChI=1S/C11H24N2O2/c1-10(11(14)15-3)9-13(2)8-6-4-5-7-12/h10H,4-9,12H2,1-3H3. The fourth-order valence-corrected chi connectivity index (χ4v) is 1.54. The van der Waals surface area contributed by atoms with Crippen LogP contribution in [0.3, 0.4) is 0 Å². The minimum Gasteiger partial charge on any atom is -0.469 e. The van der Waals surface area contributed by atoms with Crippen molar-refractivity contribution >= 4 is 5.97 Å². The van der Waals surface area contributed by atoms with Gasteiger partial charge in [-0.1, -0.05) is 13.3 Å². The second kappa shape index (κ2) is 8.68. The monoisotopic (exact) mass is 216 g/mol. The Kier molecular flexibility index (Phi) is 8.33. The molecule has 0 aromatic rings. The van der Waals surface area contributed by atoms with Crippen LogP contribution in [-0.4, -0.2) is 44.7 Å². The summed E-state index contributed by atoms with van der Waals surface area (Å²) in [5.41, 5.74) is 5.41. The number of unbranched alkanes of at least 4 members (excludes halogenated alkanes) is 2. The average molecular weight is 216 g/mol. The van der Waals surface area contributed by atoms with Crippen molar-refractivity contribution < 1.29 is 9.53 Å². The molecule has 90 valence electrons. The lowest BCUT2D eigenvalue weighted by atomic mass is 10.1. The molecule has 0 aliphatic heterocycles. The highest BCUT2D eigenvalue weighted by Gasteiger charge is 2.14. The fourth-order valence-electron chi connectivity index (χ4n) is 1.54. The molecule has 0 bridgehead atoms. The van der Waals surface area contributed by atoms with E-state index in [2.05, 4.69) is 9.64 Å². The lowest BCUT2D eigenvalue weighted by Gasteiger charge is -2.19. The minimum absolute atomic E-state index is 0.0468. The molecule has 0 rings (SSSR count). The summed E-state index contributed by atoms with van der Waals surface area (Å²) in [7, 11) is 3.46. The molecule has 0 saturated heterocycles. The quantitative estimate of drug-likeness (QED) is 0.483. The van der Waals surface area contributed by atoms with Gasteiger partial charge in [-0.15, -0.1) is 0 Å². The van der Waals surface area contributed by atoms with E-state index in [9.17, 15) is 4.79 Å². The maximum Gasteiger partial charge on any atom is 0.309 e. The third-order valence-electron chi connectivity index (χ3n) is 2.43. The predicted molar refractivity (Wildman–Crippen MR) is 61.6 cm³/mol. The van der Waals surface area contributed by atoms with Gasteiger partial charge in [-0.25, -0.2) is 0 Å². The molecule has 1 unspecified atom stereocenters. The molecule has 0 amide bonds.